The summed E-state index contributed by atoms with van der Waals surface area (Å²) in [6.45, 7) is 5.17. The van der Waals surface area contributed by atoms with E-state index in [-0.39, 0.29) is 5.56 Å². The summed E-state index contributed by atoms with van der Waals surface area (Å²) in [6.07, 6.45) is 1.03. The standard InChI is InChI=1S/C10H13ClF2N2O/c1-9(2,3)8(16)6-4-14-5-15-7(6)10(11,12)13/h4-5,8,16H,1-3H3. The van der Waals surface area contributed by atoms with Crippen LogP contribution in [0.25, 0.3) is 0 Å². The topological polar surface area (TPSA) is 46.0 Å². The summed E-state index contributed by atoms with van der Waals surface area (Å²) in [7, 11) is 0. The number of rotatable bonds is 2. The summed E-state index contributed by atoms with van der Waals surface area (Å²) in [5, 5.41) is 6.32. The van der Waals surface area contributed by atoms with E-state index >= 15 is 0 Å². The first-order valence-corrected chi connectivity index (χ1v) is 5.07. The molecule has 0 aliphatic rings. The van der Waals surface area contributed by atoms with Gasteiger partial charge in [0.25, 0.3) is 0 Å². The maximum atomic E-state index is 13.0. The molecule has 16 heavy (non-hydrogen) atoms. The lowest BCUT2D eigenvalue weighted by Crippen LogP contribution is -2.22. The summed E-state index contributed by atoms with van der Waals surface area (Å²) in [4.78, 5) is 7.06. The monoisotopic (exact) mass is 250 g/mol. The molecule has 0 saturated heterocycles. The van der Waals surface area contributed by atoms with Gasteiger partial charge in [-0.3, -0.25) is 0 Å². The molecule has 0 aliphatic heterocycles. The average Bonchev–Trinajstić information content (AvgIpc) is 2.14. The fourth-order valence-corrected chi connectivity index (χ4v) is 1.40. The van der Waals surface area contributed by atoms with Gasteiger partial charge in [0.2, 0.25) is 0 Å². The zero-order valence-corrected chi connectivity index (χ0v) is 9.96. The number of aromatic nitrogens is 2. The first-order valence-electron chi connectivity index (χ1n) is 4.69. The molecular formula is C10H13ClF2N2O. The van der Waals surface area contributed by atoms with Gasteiger partial charge in [0, 0.05) is 11.8 Å². The lowest BCUT2D eigenvalue weighted by molar-refractivity contribution is 0.0473. The number of hydrogen-bond donors (Lipinski definition) is 1. The Balaban J connectivity index is 3.25. The maximum absolute atomic E-state index is 13.0. The molecular weight excluding hydrogens is 238 g/mol. The molecule has 0 aliphatic carbocycles. The van der Waals surface area contributed by atoms with Crippen LogP contribution in [0.2, 0.25) is 0 Å². The highest BCUT2D eigenvalue weighted by molar-refractivity contribution is 6.21. The van der Waals surface area contributed by atoms with Gasteiger partial charge in [-0.25, -0.2) is 9.97 Å². The van der Waals surface area contributed by atoms with Crippen molar-refractivity contribution in [3.63, 3.8) is 0 Å². The minimum atomic E-state index is -3.61. The van der Waals surface area contributed by atoms with E-state index in [0.29, 0.717) is 0 Å². The Hall–Kier alpha value is -0.810. The molecule has 0 amide bonds. The quantitative estimate of drug-likeness (QED) is 0.821. The SMILES string of the molecule is CC(C)(C)C(O)c1cncnc1C(F)(F)Cl. The first-order chi connectivity index (χ1) is 7.14. The van der Waals surface area contributed by atoms with E-state index in [2.05, 4.69) is 9.97 Å². The molecule has 0 bridgehead atoms. The molecule has 90 valence electrons. The van der Waals surface area contributed by atoms with E-state index in [9.17, 15) is 13.9 Å². The second kappa shape index (κ2) is 4.22. The van der Waals surface area contributed by atoms with Gasteiger partial charge in [-0.05, 0) is 17.0 Å². The largest absolute Gasteiger partial charge is 0.388 e. The van der Waals surface area contributed by atoms with Crippen LogP contribution < -0.4 is 0 Å². The third-order valence-corrected chi connectivity index (χ3v) is 2.30. The van der Waals surface area contributed by atoms with E-state index in [4.69, 9.17) is 11.6 Å². The van der Waals surface area contributed by atoms with Crippen molar-refractivity contribution in [1.82, 2.24) is 9.97 Å². The van der Waals surface area contributed by atoms with E-state index in [1.807, 2.05) is 0 Å². The van der Waals surface area contributed by atoms with Crippen LogP contribution >= 0.6 is 11.6 Å². The molecule has 0 saturated carbocycles. The lowest BCUT2D eigenvalue weighted by Gasteiger charge is -2.27. The molecule has 1 heterocycles. The fraction of sp³-hybridized carbons (Fsp3) is 0.600. The summed E-state index contributed by atoms with van der Waals surface area (Å²) in [6, 6.07) is 0. The average molecular weight is 251 g/mol. The molecule has 1 rings (SSSR count). The molecule has 0 aromatic carbocycles. The summed E-state index contributed by atoms with van der Waals surface area (Å²) < 4.78 is 26.1. The third-order valence-electron chi connectivity index (χ3n) is 2.12. The molecule has 1 aromatic rings. The Labute approximate surface area is 97.5 Å². The Morgan fingerprint density at radius 3 is 2.38 bits per heavy atom. The highest BCUT2D eigenvalue weighted by Gasteiger charge is 2.37. The molecule has 6 heteroatoms. The van der Waals surface area contributed by atoms with E-state index < -0.39 is 22.6 Å². The third kappa shape index (κ3) is 2.86. The Bertz CT molecular complexity index is 374. The van der Waals surface area contributed by atoms with Crippen LogP contribution in [0.4, 0.5) is 8.78 Å². The molecule has 1 atom stereocenters. The van der Waals surface area contributed by atoms with E-state index in [1.54, 1.807) is 20.8 Å². The minimum Gasteiger partial charge on any atom is -0.388 e. The van der Waals surface area contributed by atoms with Crippen molar-refractivity contribution in [1.29, 1.82) is 0 Å². The van der Waals surface area contributed by atoms with Gasteiger partial charge >= 0.3 is 5.38 Å². The Kier molecular flexibility index (Phi) is 3.50. The van der Waals surface area contributed by atoms with Gasteiger partial charge in [-0.2, -0.15) is 8.78 Å². The van der Waals surface area contributed by atoms with Gasteiger partial charge in [-0.1, -0.05) is 20.8 Å². The van der Waals surface area contributed by atoms with Gasteiger partial charge in [-0.15, -0.1) is 0 Å². The Morgan fingerprint density at radius 1 is 1.38 bits per heavy atom. The second-order valence-corrected chi connectivity index (χ2v) is 5.07. The number of aliphatic hydroxyl groups is 1. The molecule has 1 aromatic heterocycles. The van der Waals surface area contributed by atoms with Crippen molar-refractivity contribution >= 4 is 11.6 Å². The van der Waals surface area contributed by atoms with Crippen molar-refractivity contribution in [3.05, 3.63) is 23.8 Å². The van der Waals surface area contributed by atoms with Gasteiger partial charge in [0.1, 0.15) is 12.0 Å². The highest BCUT2D eigenvalue weighted by Crippen LogP contribution is 2.39. The van der Waals surface area contributed by atoms with Crippen LogP contribution in [-0.4, -0.2) is 15.1 Å². The summed E-state index contributed by atoms with van der Waals surface area (Å²) in [5.74, 6) is 0. The number of aliphatic hydroxyl groups excluding tert-OH is 1. The van der Waals surface area contributed by atoms with E-state index in [1.165, 1.54) is 0 Å². The van der Waals surface area contributed by atoms with Gasteiger partial charge in [0.05, 0.1) is 6.10 Å². The summed E-state index contributed by atoms with van der Waals surface area (Å²) >= 11 is 4.92. The normalized spacial score (nSPS) is 14.9. The molecule has 1 N–H and O–H groups in total. The van der Waals surface area contributed by atoms with Crippen LogP contribution in [0.15, 0.2) is 12.5 Å². The predicted octanol–water partition coefficient (Wildman–Crippen LogP) is 2.84. The number of alkyl halides is 3. The maximum Gasteiger partial charge on any atom is 0.365 e. The molecule has 0 spiro atoms. The number of hydrogen-bond acceptors (Lipinski definition) is 3. The van der Waals surface area contributed by atoms with Crippen molar-refractivity contribution in [2.45, 2.75) is 32.3 Å². The van der Waals surface area contributed by atoms with Gasteiger partial charge in [0.15, 0.2) is 0 Å². The number of nitrogens with zero attached hydrogens (tertiary/aromatic N) is 2. The first kappa shape index (κ1) is 13.3. The van der Waals surface area contributed by atoms with Gasteiger partial charge < -0.3 is 5.11 Å². The summed E-state index contributed by atoms with van der Waals surface area (Å²) in [5.41, 5.74) is -1.29. The molecule has 1 unspecified atom stereocenters. The molecule has 0 fully saturated rings. The van der Waals surface area contributed by atoms with E-state index in [0.717, 1.165) is 12.5 Å². The zero-order valence-electron chi connectivity index (χ0n) is 9.21. The molecule has 3 nitrogen and oxygen atoms in total. The van der Waals surface area contributed by atoms with Crippen molar-refractivity contribution in [2.24, 2.45) is 5.41 Å². The smallest absolute Gasteiger partial charge is 0.365 e. The highest BCUT2D eigenvalue weighted by atomic mass is 35.5. The molecule has 0 radical (unpaired) electrons. The fourth-order valence-electron chi connectivity index (χ4n) is 1.24. The number of halogens is 3. The van der Waals surface area contributed by atoms with Crippen molar-refractivity contribution < 1.29 is 13.9 Å². The van der Waals surface area contributed by atoms with Crippen molar-refractivity contribution in [3.8, 4) is 0 Å². The zero-order chi connectivity index (χ0) is 12.6. The second-order valence-electron chi connectivity index (χ2n) is 4.59. The van der Waals surface area contributed by atoms with Crippen LogP contribution in [0.3, 0.4) is 0 Å². The lowest BCUT2D eigenvalue weighted by atomic mass is 9.85. The Morgan fingerprint density at radius 2 is 1.94 bits per heavy atom. The van der Waals surface area contributed by atoms with Crippen molar-refractivity contribution in [2.75, 3.05) is 0 Å². The van der Waals surface area contributed by atoms with Crippen LogP contribution in [0, 0.1) is 5.41 Å². The van der Waals surface area contributed by atoms with Crippen LogP contribution in [0.5, 0.6) is 0 Å². The predicted molar refractivity (Wildman–Crippen MR) is 56.2 cm³/mol. The van der Waals surface area contributed by atoms with Crippen LogP contribution in [0.1, 0.15) is 38.1 Å². The minimum absolute atomic E-state index is 0.0463. The van der Waals surface area contributed by atoms with Crippen LogP contribution in [-0.2, 0) is 5.38 Å².